The van der Waals surface area contributed by atoms with Crippen LogP contribution in [0.25, 0.3) is 0 Å². The van der Waals surface area contributed by atoms with Gasteiger partial charge in [-0.2, -0.15) is 0 Å². The molecule has 1 aliphatic rings. The van der Waals surface area contributed by atoms with Gasteiger partial charge in [0.05, 0.1) is 18.4 Å². The van der Waals surface area contributed by atoms with Crippen LogP contribution in [0.4, 0.5) is 4.79 Å². The molecule has 14 heavy (non-hydrogen) atoms. The Morgan fingerprint density at radius 2 is 2.21 bits per heavy atom. The maximum absolute atomic E-state index is 11.2. The van der Waals surface area contributed by atoms with E-state index in [4.69, 9.17) is 8.92 Å². The van der Waals surface area contributed by atoms with Crippen LogP contribution in [0.3, 0.4) is 0 Å². The Labute approximate surface area is 85.8 Å². The Bertz CT molecular complexity index is 248. The van der Waals surface area contributed by atoms with Crippen LogP contribution in [0.15, 0.2) is 0 Å². The standard InChI is InChI=1S/C8H15NO4S/c1-8(2,3)13-7(10)9-6-4-12-14(11)5-6/h6H,4-5H2,1-3H3,(H,9,10). The Hall–Kier alpha value is -0.620. The van der Waals surface area contributed by atoms with Gasteiger partial charge in [0.1, 0.15) is 5.60 Å². The number of ether oxygens (including phenoxy) is 1. The van der Waals surface area contributed by atoms with E-state index in [1.54, 1.807) is 20.8 Å². The van der Waals surface area contributed by atoms with Crippen LogP contribution in [0.2, 0.25) is 0 Å². The normalized spacial score (nSPS) is 27.4. The van der Waals surface area contributed by atoms with Gasteiger partial charge in [-0.25, -0.2) is 9.00 Å². The van der Waals surface area contributed by atoms with Gasteiger partial charge in [-0.05, 0) is 20.8 Å². The molecule has 6 heteroatoms. The van der Waals surface area contributed by atoms with E-state index in [-0.39, 0.29) is 12.6 Å². The zero-order valence-electron chi connectivity index (χ0n) is 8.53. The van der Waals surface area contributed by atoms with Gasteiger partial charge in [0, 0.05) is 0 Å². The molecule has 0 aromatic heterocycles. The first-order valence-electron chi connectivity index (χ1n) is 4.38. The van der Waals surface area contributed by atoms with Gasteiger partial charge < -0.3 is 10.1 Å². The summed E-state index contributed by atoms with van der Waals surface area (Å²) in [6.45, 7) is 5.65. The fourth-order valence-electron chi connectivity index (χ4n) is 0.976. The lowest BCUT2D eigenvalue weighted by molar-refractivity contribution is 0.0503. The minimum absolute atomic E-state index is 0.203. The van der Waals surface area contributed by atoms with Crippen LogP contribution < -0.4 is 5.32 Å². The van der Waals surface area contributed by atoms with Crippen molar-refractivity contribution >= 4 is 17.2 Å². The van der Waals surface area contributed by atoms with Crippen LogP contribution in [0.5, 0.6) is 0 Å². The quantitative estimate of drug-likeness (QED) is 0.703. The van der Waals surface area contributed by atoms with Crippen molar-refractivity contribution in [3.05, 3.63) is 0 Å². The Kier molecular flexibility index (Phi) is 3.49. The van der Waals surface area contributed by atoms with E-state index >= 15 is 0 Å². The van der Waals surface area contributed by atoms with Gasteiger partial charge in [-0.1, -0.05) is 0 Å². The number of hydrogen-bond donors (Lipinski definition) is 1. The average Bonchev–Trinajstić information content (AvgIpc) is 2.30. The molecule has 1 aliphatic heterocycles. The van der Waals surface area contributed by atoms with Crippen LogP contribution in [0, 0.1) is 0 Å². The summed E-state index contributed by atoms with van der Waals surface area (Å²) in [6.07, 6.45) is -0.495. The lowest BCUT2D eigenvalue weighted by atomic mass is 10.2. The molecule has 0 aromatic carbocycles. The molecular weight excluding hydrogens is 206 g/mol. The van der Waals surface area contributed by atoms with Crippen LogP contribution in [0.1, 0.15) is 20.8 Å². The molecule has 0 aromatic rings. The zero-order chi connectivity index (χ0) is 10.8. The molecule has 2 unspecified atom stereocenters. The highest BCUT2D eigenvalue weighted by atomic mass is 32.2. The second kappa shape index (κ2) is 4.27. The molecule has 82 valence electrons. The molecule has 0 saturated carbocycles. The number of carbonyl (C=O) groups is 1. The number of alkyl carbamates (subject to hydrolysis) is 1. The fraction of sp³-hybridized carbons (Fsp3) is 0.875. The summed E-state index contributed by atoms with van der Waals surface area (Å²) in [5.74, 6) is 0.333. The lowest BCUT2D eigenvalue weighted by Gasteiger charge is -2.20. The Morgan fingerprint density at radius 3 is 2.64 bits per heavy atom. The fourth-order valence-corrected chi connectivity index (χ4v) is 1.90. The molecule has 1 rings (SSSR count). The van der Waals surface area contributed by atoms with Crippen molar-refractivity contribution in [2.45, 2.75) is 32.4 Å². The number of amides is 1. The SMILES string of the molecule is CC(C)(C)OC(=O)NC1COS(=O)C1. The number of rotatable bonds is 1. The van der Waals surface area contributed by atoms with E-state index in [9.17, 15) is 9.00 Å². The van der Waals surface area contributed by atoms with E-state index in [0.29, 0.717) is 5.75 Å². The molecule has 5 nitrogen and oxygen atoms in total. The van der Waals surface area contributed by atoms with Crippen molar-refractivity contribution in [1.29, 1.82) is 0 Å². The van der Waals surface area contributed by atoms with Gasteiger partial charge in [-0.3, -0.25) is 4.18 Å². The Morgan fingerprint density at radius 1 is 1.57 bits per heavy atom. The maximum Gasteiger partial charge on any atom is 0.407 e. The summed E-state index contributed by atoms with van der Waals surface area (Å²) in [5, 5.41) is 2.59. The van der Waals surface area contributed by atoms with Gasteiger partial charge in [-0.15, -0.1) is 0 Å². The van der Waals surface area contributed by atoms with Crippen molar-refractivity contribution in [2.24, 2.45) is 0 Å². The van der Waals surface area contributed by atoms with Crippen molar-refractivity contribution in [3.8, 4) is 0 Å². The zero-order valence-corrected chi connectivity index (χ0v) is 9.35. The van der Waals surface area contributed by atoms with Crippen LogP contribution in [-0.4, -0.2) is 34.3 Å². The second-order valence-electron chi connectivity index (χ2n) is 4.10. The molecule has 1 fully saturated rings. The summed E-state index contributed by atoms with van der Waals surface area (Å²) >= 11 is -1.26. The molecule has 1 amide bonds. The highest BCUT2D eigenvalue weighted by Crippen LogP contribution is 2.08. The summed E-state index contributed by atoms with van der Waals surface area (Å²) in [6, 6.07) is -0.203. The van der Waals surface area contributed by atoms with Gasteiger partial charge in [0.15, 0.2) is 11.1 Å². The summed E-state index contributed by atoms with van der Waals surface area (Å²) in [5.41, 5.74) is -0.511. The number of nitrogens with one attached hydrogen (secondary N) is 1. The first-order valence-corrected chi connectivity index (χ1v) is 5.62. The number of hydrogen-bond acceptors (Lipinski definition) is 4. The van der Waals surface area contributed by atoms with E-state index in [0.717, 1.165) is 0 Å². The topological polar surface area (TPSA) is 64.6 Å². The summed E-state index contributed by atoms with van der Waals surface area (Å²) in [7, 11) is 0. The first kappa shape index (κ1) is 11.5. The molecule has 0 aliphatic carbocycles. The monoisotopic (exact) mass is 221 g/mol. The third-order valence-electron chi connectivity index (χ3n) is 1.46. The summed E-state index contributed by atoms with van der Waals surface area (Å²) in [4.78, 5) is 11.2. The van der Waals surface area contributed by atoms with E-state index in [1.165, 1.54) is 0 Å². The van der Waals surface area contributed by atoms with Gasteiger partial charge in [0.25, 0.3) is 0 Å². The van der Waals surface area contributed by atoms with Crippen molar-refractivity contribution in [1.82, 2.24) is 5.32 Å². The van der Waals surface area contributed by atoms with E-state index < -0.39 is 22.8 Å². The molecule has 0 radical (unpaired) electrons. The molecule has 0 spiro atoms. The van der Waals surface area contributed by atoms with E-state index in [1.807, 2.05) is 0 Å². The third kappa shape index (κ3) is 4.06. The van der Waals surface area contributed by atoms with Gasteiger partial charge in [0.2, 0.25) is 0 Å². The molecule has 1 heterocycles. The third-order valence-corrected chi connectivity index (χ3v) is 2.53. The van der Waals surface area contributed by atoms with E-state index in [2.05, 4.69) is 5.32 Å². The van der Waals surface area contributed by atoms with Crippen molar-refractivity contribution in [3.63, 3.8) is 0 Å². The van der Waals surface area contributed by atoms with Crippen LogP contribution in [-0.2, 0) is 20.0 Å². The minimum Gasteiger partial charge on any atom is -0.444 e. The minimum atomic E-state index is -1.26. The predicted molar refractivity (Wildman–Crippen MR) is 52.1 cm³/mol. The number of carbonyl (C=O) groups excluding carboxylic acids is 1. The highest BCUT2D eigenvalue weighted by molar-refractivity contribution is 7.80. The van der Waals surface area contributed by atoms with Crippen molar-refractivity contribution in [2.75, 3.05) is 12.4 Å². The van der Waals surface area contributed by atoms with Crippen LogP contribution >= 0.6 is 0 Å². The average molecular weight is 221 g/mol. The molecule has 1 saturated heterocycles. The highest BCUT2D eigenvalue weighted by Gasteiger charge is 2.26. The largest absolute Gasteiger partial charge is 0.444 e. The Balaban J connectivity index is 2.31. The lowest BCUT2D eigenvalue weighted by Crippen LogP contribution is -2.40. The van der Waals surface area contributed by atoms with Crippen molar-refractivity contribution < 1.29 is 17.9 Å². The predicted octanol–water partition coefficient (Wildman–Crippen LogP) is 0.574. The summed E-state index contributed by atoms with van der Waals surface area (Å²) < 4.78 is 20.6. The molecule has 1 N–H and O–H groups in total. The second-order valence-corrected chi connectivity index (χ2v) is 5.27. The smallest absolute Gasteiger partial charge is 0.407 e. The maximum atomic E-state index is 11.2. The van der Waals surface area contributed by atoms with Gasteiger partial charge >= 0.3 is 6.09 Å². The molecule has 2 atom stereocenters. The molecular formula is C8H15NO4S. The first-order chi connectivity index (χ1) is 6.37. The molecule has 0 bridgehead atoms.